The van der Waals surface area contributed by atoms with Gasteiger partial charge >= 0.3 is 0 Å². The Morgan fingerprint density at radius 3 is 2.31 bits per heavy atom. The predicted molar refractivity (Wildman–Crippen MR) is 55.4 cm³/mol. The van der Waals surface area contributed by atoms with Gasteiger partial charge in [0.15, 0.2) is 0 Å². The number of nitrogens with zero attached hydrogens (tertiary/aromatic N) is 1. The van der Waals surface area contributed by atoms with Crippen LogP contribution in [-0.4, -0.2) is 29.4 Å². The molecule has 0 aromatic rings. The van der Waals surface area contributed by atoms with Crippen molar-refractivity contribution < 1.29 is 4.79 Å². The Labute approximate surface area is 81.3 Å². The van der Waals surface area contributed by atoms with Gasteiger partial charge in [0.05, 0.1) is 5.54 Å². The first-order chi connectivity index (χ1) is 5.83. The third kappa shape index (κ3) is 3.35. The minimum atomic E-state index is -0.701. The fourth-order valence-corrected chi connectivity index (χ4v) is 1.26. The highest BCUT2D eigenvalue weighted by Crippen LogP contribution is 2.13. The average molecular weight is 186 g/mol. The molecule has 0 radical (unpaired) electrons. The molecule has 1 unspecified atom stereocenters. The highest BCUT2D eigenvalue weighted by molar-refractivity contribution is 5.85. The van der Waals surface area contributed by atoms with Crippen molar-refractivity contribution in [2.45, 2.75) is 52.1 Å². The maximum absolute atomic E-state index is 11.8. The van der Waals surface area contributed by atoms with E-state index in [-0.39, 0.29) is 11.9 Å². The van der Waals surface area contributed by atoms with Crippen molar-refractivity contribution in [1.29, 1.82) is 0 Å². The van der Waals surface area contributed by atoms with E-state index in [0.29, 0.717) is 0 Å². The first kappa shape index (κ1) is 12.4. The first-order valence-corrected chi connectivity index (χ1v) is 4.89. The zero-order valence-electron chi connectivity index (χ0n) is 9.42. The molecule has 0 saturated heterocycles. The molecule has 1 atom stereocenters. The van der Waals surface area contributed by atoms with Crippen LogP contribution in [0.25, 0.3) is 0 Å². The second-order valence-electron chi connectivity index (χ2n) is 4.18. The monoisotopic (exact) mass is 186 g/mol. The lowest BCUT2D eigenvalue weighted by Crippen LogP contribution is -2.53. The highest BCUT2D eigenvalue weighted by atomic mass is 16.2. The van der Waals surface area contributed by atoms with Gasteiger partial charge in [-0.05, 0) is 27.2 Å². The van der Waals surface area contributed by atoms with Crippen molar-refractivity contribution in [3.8, 4) is 0 Å². The van der Waals surface area contributed by atoms with E-state index in [1.165, 1.54) is 0 Å². The van der Waals surface area contributed by atoms with Gasteiger partial charge in [-0.3, -0.25) is 4.79 Å². The molecular weight excluding hydrogens is 164 g/mol. The third-order valence-electron chi connectivity index (χ3n) is 2.35. The van der Waals surface area contributed by atoms with Gasteiger partial charge in [-0.25, -0.2) is 0 Å². The molecule has 0 aromatic carbocycles. The van der Waals surface area contributed by atoms with E-state index in [9.17, 15) is 4.79 Å². The summed E-state index contributed by atoms with van der Waals surface area (Å²) in [5.41, 5.74) is 5.22. The van der Waals surface area contributed by atoms with Gasteiger partial charge in [0.1, 0.15) is 0 Å². The van der Waals surface area contributed by atoms with E-state index in [2.05, 4.69) is 0 Å². The lowest BCUT2D eigenvalue weighted by atomic mass is 9.95. The van der Waals surface area contributed by atoms with Crippen molar-refractivity contribution in [2.75, 3.05) is 7.05 Å². The van der Waals surface area contributed by atoms with Gasteiger partial charge in [0.2, 0.25) is 5.91 Å². The molecule has 78 valence electrons. The summed E-state index contributed by atoms with van der Waals surface area (Å²) in [6.45, 7) is 7.81. The summed E-state index contributed by atoms with van der Waals surface area (Å²) in [6, 6.07) is 0.215. The minimum absolute atomic E-state index is 0.0318. The van der Waals surface area contributed by atoms with E-state index in [0.717, 1.165) is 12.8 Å². The molecular formula is C10H22N2O. The molecule has 0 fully saturated rings. The summed E-state index contributed by atoms with van der Waals surface area (Å²) in [5.74, 6) is 0.0318. The van der Waals surface area contributed by atoms with Crippen LogP contribution in [0.3, 0.4) is 0 Å². The average Bonchev–Trinajstić information content (AvgIpc) is 2.01. The Morgan fingerprint density at radius 2 is 2.00 bits per heavy atom. The van der Waals surface area contributed by atoms with Crippen LogP contribution in [0.5, 0.6) is 0 Å². The third-order valence-corrected chi connectivity index (χ3v) is 2.35. The van der Waals surface area contributed by atoms with Gasteiger partial charge in [0, 0.05) is 13.1 Å². The Balaban J connectivity index is 4.39. The van der Waals surface area contributed by atoms with Gasteiger partial charge in [-0.15, -0.1) is 0 Å². The minimum Gasteiger partial charge on any atom is -0.342 e. The fourth-order valence-electron chi connectivity index (χ4n) is 1.26. The molecule has 0 saturated carbocycles. The van der Waals surface area contributed by atoms with Crippen LogP contribution in [0.2, 0.25) is 0 Å². The summed E-state index contributed by atoms with van der Waals surface area (Å²) in [6.07, 6.45) is 1.67. The number of nitrogens with two attached hydrogens (primary N) is 1. The summed E-state index contributed by atoms with van der Waals surface area (Å²) >= 11 is 0. The van der Waals surface area contributed by atoms with Crippen molar-refractivity contribution in [3.63, 3.8) is 0 Å². The fraction of sp³-hybridized carbons (Fsp3) is 0.900. The zero-order chi connectivity index (χ0) is 10.6. The Bertz CT molecular complexity index is 176. The Morgan fingerprint density at radius 1 is 1.54 bits per heavy atom. The van der Waals surface area contributed by atoms with Crippen LogP contribution >= 0.6 is 0 Å². The molecule has 0 heterocycles. The maximum Gasteiger partial charge on any atom is 0.242 e. The normalized spacial score (nSPS) is 15.6. The Kier molecular flexibility index (Phi) is 4.40. The van der Waals surface area contributed by atoms with Crippen molar-refractivity contribution in [3.05, 3.63) is 0 Å². The zero-order valence-corrected chi connectivity index (χ0v) is 9.42. The van der Waals surface area contributed by atoms with E-state index in [1.54, 1.807) is 18.9 Å². The van der Waals surface area contributed by atoms with Gasteiger partial charge in [-0.2, -0.15) is 0 Å². The van der Waals surface area contributed by atoms with Crippen molar-refractivity contribution in [2.24, 2.45) is 5.73 Å². The van der Waals surface area contributed by atoms with Crippen molar-refractivity contribution in [1.82, 2.24) is 4.90 Å². The van der Waals surface area contributed by atoms with Crippen LogP contribution < -0.4 is 5.73 Å². The molecule has 3 heteroatoms. The summed E-state index contributed by atoms with van der Waals surface area (Å²) in [4.78, 5) is 13.5. The number of likely N-dealkylation sites (N-methyl/N-ethyl adjacent to an activating group) is 1. The Hall–Kier alpha value is -0.570. The summed E-state index contributed by atoms with van der Waals surface area (Å²) in [5, 5.41) is 0. The maximum atomic E-state index is 11.8. The molecule has 13 heavy (non-hydrogen) atoms. The molecule has 0 aromatic heterocycles. The van der Waals surface area contributed by atoms with Gasteiger partial charge in [0.25, 0.3) is 0 Å². The molecule has 0 aliphatic heterocycles. The standard InChI is InChI=1S/C10H22N2O/c1-6-7-10(4,11)9(13)12(5)8(2)3/h8H,6-7,11H2,1-5H3. The molecule has 0 rings (SSSR count). The van der Waals surface area contributed by atoms with Crippen molar-refractivity contribution >= 4 is 5.91 Å². The SMILES string of the molecule is CCCC(C)(N)C(=O)N(C)C(C)C. The molecule has 0 spiro atoms. The first-order valence-electron chi connectivity index (χ1n) is 4.89. The molecule has 3 nitrogen and oxygen atoms in total. The second-order valence-corrected chi connectivity index (χ2v) is 4.18. The van der Waals surface area contributed by atoms with Gasteiger partial charge < -0.3 is 10.6 Å². The summed E-state index contributed by atoms with van der Waals surface area (Å²) < 4.78 is 0. The van der Waals surface area contributed by atoms with Crippen LogP contribution in [0, 0.1) is 0 Å². The largest absolute Gasteiger partial charge is 0.342 e. The van der Waals surface area contributed by atoms with Crippen LogP contribution in [-0.2, 0) is 4.79 Å². The quantitative estimate of drug-likeness (QED) is 0.720. The number of rotatable bonds is 4. The lowest BCUT2D eigenvalue weighted by molar-refractivity contribution is -0.136. The summed E-state index contributed by atoms with van der Waals surface area (Å²) in [7, 11) is 1.80. The van der Waals surface area contributed by atoms with E-state index in [1.807, 2.05) is 20.8 Å². The van der Waals surface area contributed by atoms with E-state index in [4.69, 9.17) is 5.73 Å². The number of carbonyl (C=O) groups excluding carboxylic acids is 1. The predicted octanol–water partition coefficient (Wildman–Crippen LogP) is 1.37. The number of carbonyl (C=O) groups is 1. The van der Waals surface area contributed by atoms with Crippen LogP contribution in [0.15, 0.2) is 0 Å². The molecule has 2 N–H and O–H groups in total. The highest BCUT2D eigenvalue weighted by Gasteiger charge is 2.30. The van der Waals surface area contributed by atoms with Crippen LogP contribution in [0.1, 0.15) is 40.5 Å². The number of hydrogen-bond donors (Lipinski definition) is 1. The molecule has 0 bridgehead atoms. The smallest absolute Gasteiger partial charge is 0.242 e. The van der Waals surface area contributed by atoms with Gasteiger partial charge in [-0.1, -0.05) is 13.3 Å². The van der Waals surface area contributed by atoms with E-state index >= 15 is 0 Å². The molecule has 0 aliphatic carbocycles. The molecule has 0 aliphatic rings. The number of amides is 1. The number of hydrogen-bond acceptors (Lipinski definition) is 2. The topological polar surface area (TPSA) is 46.3 Å². The molecule has 1 amide bonds. The second kappa shape index (κ2) is 4.61. The van der Waals surface area contributed by atoms with E-state index < -0.39 is 5.54 Å². The lowest BCUT2D eigenvalue weighted by Gasteiger charge is -2.31. The van der Waals surface area contributed by atoms with Crippen LogP contribution in [0.4, 0.5) is 0 Å².